The van der Waals surface area contributed by atoms with E-state index in [4.69, 9.17) is 0 Å². The number of aldehydes is 1. The Morgan fingerprint density at radius 1 is 1.47 bits per heavy atom. The minimum atomic E-state index is -0.724. The molecule has 1 aliphatic rings. The third-order valence-electron chi connectivity index (χ3n) is 4.04. The molecule has 0 N–H and O–H groups in total. The van der Waals surface area contributed by atoms with Gasteiger partial charge in [0.15, 0.2) is 0 Å². The number of ketones is 1. The van der Waals surface area contributed by atoms with E-state index < -0.39 is 5.41 Å². The Bertz CT molecular complexity index is 262. The van der Waals surface area contributed by atoms with Crippen molar-refractivity contribution in [3.63, 3.8) is 0 Å². The lowest BCUT2D eigenvalue weighted by atomic mass is 9.58. The van der Waals surface area contributed by atoms with Crippen molar-refractivity contribution >= 4 is 12.1 Å². The van der Waals surface area contributed by atoms with Crippen LogP contribution >= 0.6 is 0 Å². The van der Waals surface area contributed by atoms with Crippen molar-refractivity contribution in [1.29, 1.82) is 0 Å². The minimum absolute atomic E-state index is 0.156. The molecule has 0 radical (unpaired) electrons. The van der Waals surface area contributed by atoms with Crippen LogP contribution in [-0.2, 0) is 9.59 Å². The van der Waals surface area contributed by atoms with Gasteiger partial charge in [0, 0.05) is 6.42 Å². The van der Waals surface area contributed by atoms with E-state index in [1.807, 2.05) is 20.8 Å². The Morgan fingerprint density at radius 2 is 2.07 bits per heavy atom. The molecule has 1 saturated carbocycles. The average Bonchev–Trinajstić information content (AvgIpc) is 2.16. The van der Waals surface area contributed by atoms with Crippen LogP contribution in [0.4, 0.5) is 0 Å². The van der Waals surface area contributed by atoms with Gasteiger partial charge in [0.05, 0.1) is 5.41 Å². The van der Waals surface area contributed by atoms with Gasteiger partial charge < -0.3 is 4.79 Å². The third-order valence-corrected chi connectivity index (χ3v) is 4.04. The molecule has 2 unspecified atom stereocenters. The molecule has 86 valence electrons. The lowest BCUT2D eigenvalue weighted by Gasteiger charge is -2.43. The average molecular weight is 210 g/mol. The molecule has 2 heteroatoms. The van der Waals surface area contributed by atoms with Gasteiger partial charge in [0.2, 0.25) is 0 Å². The lowest BCUT2D eigenvalue weighted by Crippen LogP contribution is -2.48. The van der Waals surface area contributed by atoms with Crippen LogP contribution in [0.15, 0.2) is 0 Å². The Balaban J connectivity index is 2.95. The van der Waals surface area contributed by atoms with Gasteiger partial charge in [-0.15, -0.1) is 0 Å². The second-order valence-electron chi connectivity index (χ2n) is 5.78. The fraction of sp³-hybridized carbons (Fsp3) is 0.846. The Morgan fingerprint density at radius 3 is 2.40 bits per heavy atom. The molecule has 0 aromatic carbocycles. The molecule has 0 amide bonds. The third kappa shape index (κ3) is 1.99. The molecule has 0 bridgehead atoms. The Labute approximate surface area is 92.4 Å². The van der Waals surface area contributed by atoms with Gasteiger partial charge in [-0.3, -0.25) is 4.79 Å². The van der Waals surface area contributed by atoms with Crippen LogP contribution in [0.3, 0.4) is 0 Å². The number of carbonyl (C=O) groups is 2. The fourth-order valence-corrected chi connectivity index (χ4v) is 2.56. The van der Waals surface area contributed by atoms with E-state index in [0.29, 0.717) is 12.3 Å². The summed E-state index contributed by atoms with van der Waals surface area (Å²) >= 11 is 0. The van der Waals surface area contributed by atoms with Crippen molar-refractivity contribution in [3.05, 3.63) is 0 Å². The monoisotopic (exact) mass is 210 g/mol. The standard InChI is InChI=1S/C13H22O2/c1-5-10-6-7-13(9-14,11(15)8-10)12(2,3)4/h9-10H,5-8H2,1-4H3. The second kappa shape index (κ2) is 4.07. The van der Waals surface area contributed by atoms with Gasteiger partial charge in [-0.1, -0.05) is 34.1 Å². The molecule has 0 aromatic rings. The van der Waals surface area contributed by atoms with E-state index in [1.54, 1.807) is 0 Å². The van der Waals surface area contributed by atoms with E-state index >= 15 is 0 Å². The summed E-state index contributed by atoms with van der Waals surface area (Å²) in [5.74, 6) is 0.649. The zero-order valence-corrected chi connectivity index (χ0v) is 10.3. The first-order valence-corrected chi connectivity index (χ1v) is 5.87. The van der Waals surface area contributed by atoms with Gasteiger partial charge >= 0.3 is 0 Å². The number of hydrogen-bond acceptors (Lipinski definition) is 2. The van der Waals surface area contributed by atoms with Crippen LogP contribution in [0.5, 0.6) is 0 Å². The van der Waals surface area contributed by atoms with E-state index in [-0.39, 0.29) is 11.2 Å². The number of carbonyl (C=O) groups excluding carboxylic acids is 2. The molecule has 1 fully saturated rings. The van der Waals surface area contributed by atoms with Crippen molar-refractivity contribution < 1.29 is 9.59 Å². The first-order chi connectivity index (χ1) is 6.87. The van der Waals surface area contributed by atoms with E-state index in [9.17, 15) is 9.59 Å². The fourth-order valence-electron chi connectivity index (χ4n) is 2.56. The van der Waals surface area contributed by atoms with Crippen LogP contribution in [0.1, 0.15) is 53.4 Å². The van der Waals surface area contributed by atoms with Crippen molar-refractivity contribution in [2.45, 2.75) is 53.4 Å². The summed E-state index contributed by atoms with van der Waals surface area (Å²) in [6.07, 6.45) is 4.29. The van der Waals surface area contributed by atoms with E-state index in [1.165, 1.54) is 0 Å². The number of rotatable bonds is 2. The molecule has 2 nitrogen and oxygen atoms in total. The zero-order valence-electron chi connectivity index (χ0n) is 10.3. The largest absolute Gasteiger partial charge is 0.302 e. The summed E-state index contributed by atoms with van der Waals surface area (Å²) in [6.45, 7) is 8.09. The van der Waals surface area contributed by atoms with Crippen LogP contribution in [0.2, 0.25) is 0 Å². The van der Waals surface area contributed by atoms with Crippen molar-refractivity contribution in [2.24, 2.45) is 16.7 Å². The number of Topliss-reactive ketones (excluding diaryl/α,β-unsaturated/α-hetero) is 1. The van der Waals surface area contributed by atoms with Gasteiger partial charge in [0.25, 0.3) is 0 Å². The summed E-state index contributed by atoms with van der Waals surface area (Å²) < 4.78 is 0. The highest BCUT2D eigenvalue weighted by atomic mass is 16.1. The highest BCUT2D eigenvalue weighted by molar-refractivity contribution is 5.99. The van der Waals surface area contributed by atoms with Crippen molar-refractivity contribution in [2.75, 3.05) is 0 Å². The summed E-state index contributed by atoms with van der Waals surface area (Å²) in [5, 5.41) is 0. The van der Waals surface area contributed by atoms with Gasteiger partial charge in [-0.2, -0.15) is 0 Å². The van der Waals surface area contributed by atoms with Crippen LogP contribution in [0.25, 0.3) is 0 Å². The quantitative estimate of drug-likeness (QED) is 0.518. The van der Waals surface area contributed by atoms with Gasteiger partial charge in [-0.25, -0.2) is 0 Å². The van der Waals surface area contributed by atoms with Crippen molar-refractivity contribution in [3.8, 4) is 0 Å². The predicted octanol–water partition coefficient (Wildman–Crippen LogP) is 3.00. The summed E-state index contributed by atoms with van der Waals surface area (Å²) in [7, 11) is 0. The topological polar surface area (TPSA) is 34.1 Å². The molecule has 0 aromatic heterocycles. The lowest BCUT2D eigenvalue weighted by molar-refractivity contribution is -0.146. The highest BCUT2D eigenvalue weighted by Gasteiger charge is 2.50. The maximum Gasteiger partial charge on any atom is 0.146 e. The molecule has 0 heterocycles. The molecule has 0 saturated heterocycles. The summed E-state index contributed by atoms with van der Waals surface area (Å²) in [4.78, 5) is 23.4. The van der Waals surface area contributed by atoms with Gasteiger partial charge in [0.1, 0.15) is 12.1 Å². The minimum Gasteiger partial charge on any atom is -0.302 e. The molecule has 1 aliphatic carbocycles. The maximum absolute atomic E-state index is 12.1. The van der Waals surface area contributed by atoms with Crippen LogP contribution < -0.4 is 0 Å². The highest BCUT2D eigenvalue weighted by Crippen LogP contribution is 2.47. The Kier molecular flexibility index (Phi) is 3.37. The Hall–Kier alpha value is -0.660. The SMILES string of the molecule is CCC1CCC(C=O)(C(C)(C)C)C(=O)C1. The van der Waals surface area contributed by atoms with E-state index in [0.717, 1.165) is 25.5 Å². The summed E-state index contributed by atoms with van der Waals surface area (Å²) in [6, 6.07) is 0. The zero-order chi connectivity index (χ0) is 11.7. The molecule has 0 aliphatic heterocycles. The molecule has 0 spiro atoms. The molecular formula is C13H22O2. The number of hydrogen-bond donors (Lipinski definition) is 0. The predicted molar refractivity (Wildman–Crippen MR) is 60.6 cm³/mol. The van der Waals surface area contributed by atoms with Crippen molar-refractivity contribution in [1.82, 2.24) is 0 Å². The smallest absolute Gasteiger partial charge is 0.146 e. The maximum atomic E-state index is 12.1. The normalized spacial score (nSPS) is 32.8. The van der Waals surface area contributed by atoms with E-state index in [2.05, 4.69) is 6.92 Å². The van der Waals surface area contributed by atoms with Crippen LogP contribution in [-0.4, -0.2) is 12.1 Å². The molecule has 15 heavy (non-hydrogen) atoms. The molecular weight excluding hydrogens is 188 g/mol. The summed E-state index contributed by atoms with van der Waals surface area (Å²) in [5.41, 5.74) is -0.969. The first kappa shape index (κ1) is 12.4. The second-order valence-corrected chi connectivity index (χ2v) is 5.78. The molecule has 1 rings (SSSR count). The van der Waals surface area contributed by atoms with Crippen LogP contribution in [0, 0.1) is 16.7 Å². The van der Waals surface area contributed by atoms with Gasteiger partial charge in [-0.05, 0) is 24.2 Å². The molecule has 2 atom stereocenters. The first-order valence-electron chi connectivity index (χ1n) is 5.87.